The summed E-state index contributed by atoms with van der Waals surface area (Å²) >= 11 is 0. The van der Waals surface area contributed by atoms with E-state index in [2.05, 4.69) is 40.1 Å². The van der Waals surface area contributed by atoms with Gasteiger partial charge >= 0.3 is 6.09 Å². The Bertz CT molecular complexity index is 1270. The number of ether oxygens (including phenoxy) is 1. The number of aromatic nitrogens is 3. The Morgan fingerprint density at radius 3 is 2.57 bits per heavy atom. The number of amides is 2. The maximum Gasteiger partial charge on any atom is 0.410 e. The number of carbonyl (C=O) groups excluding carboxylic acids is 2. The van der Waals surface area contributed by atoms with Crippen LogP contribution < -0.4 is 4.90 Å². The van der Waals surface area contributed by atoms with Gasteiger partial charge in [0.25, 0.3) is 0 Å². The molecular weight excluding hydrogens is 468 g/mol. The standard InChI is InChI=1S/C28H34N6O3/c1-20-16-31(14-15-33(20)27(35)18-34-22(3)29-21(2)30-34)26-11-7-10-24-12-13-32(17-25(24)26)28(36)37-19-23-8-5-4-6-9-23/h4-11,20H,12-19H2,1-3H3/t20-/m1/s1. The van der Waals surface area contributed by atoms with Crippen molar-refractivity contribution in [3.05, 3.63) is 76.9 Å². The molecule has 3 aromatic rings. The summed E-state index contributed by atoms with van der Waals surface area (Å²) in [6.45, 7) is 9.54. The highest BCUT2D eigenvalue weighted by molar-refractivity contribution is 5.77. The van der Waals surface area contributed by atoms with E-state index in [1.165, 1.54) is 11.1 Å². The van der Waals surface area contributed by atoms with Crippen molar-refractivity contribution >= 4 is 17.7 Å². The van der Waals surface area contributed by atoms with Gasteiger partial charge < -0.3 is 19.4 Å². The van der Waals surface area contributed by atoms with Gasteiger partial charge in [-0.25, -0.2) is 14.5 Å². The summed E-state index contributed by atoms with van der Waals surface area (Å²) in [6.07, 6.45) is 0.514. The van der Waals surface area contributed by atoms with Gasteiger partial charge in [-0.05, 0) is 49.9 Å². The van der Waals surface area contributed by atoms with E-state index in [0.29, 0.717) is 25.5 Å². The van der Waals surface area contributed by atoms with Crippen LogP contribution >= 0.6 is 0 Å². The molecule has 0 radical (unpaired) electrons. The Hall–Kier alpha value is -3.88. The van der Waals surface area contributed by atoms with Crippen molar-refractivity contribution < 1.29 is 14.3 Å². The van der Waals surface area contributed by atoms with Crippen LogP contribution in [0.1, 0.15) is 35.3 Å². The first-order chi connectivity index (χ1) is 17.9. The molecule has 5 rings (SSSR count). The lowest BCUT2D eigenvalue weighted by Crippen LogP contribution is -2.55. The van der Waals surface area contributed by atoms with E-state index in [9.17, 15) is 9.59 Å². The summed E-state index contributed by atoms with van der Waals surface area (Å²) in [6, 6.07) is 16.2. The molecule has 3 heterocycles. The predicted octanol–water partition coefficient (Wildman–Crippen LogP) is 3.33. The number of hydrogen-bond donors (Lipinski definition) is 0. The molecule has 2 aromatic carbocycles. The fraction of sp³-hybridized carbons (Fsp3) is 0.429. The molecule has 9 nitrogen and oxygen atoms in total. The first kappa shape index (κ1) is 24.8. The smallest absolute Gasteiger partial charge is 0.410 e. The summed E-state index contributed by atoms with van der Waals surface area (Å²) in [5, 5.41) is 4.34. The molecule has 2 aliphatic rings. The second kappa shape index (κ2) is 10.6. The van der Waals surface area contributed by atoms with E-state index in [0.717, 1.165) is 36.6 Å². The maximum atomic E-state index is 13.1. The Morgan fingerprint density at radius 1 is 1.03 bits per heavy atom. The van der Waals surface area contributed by atoms with Crippen molar-refractivity contribution in [2.75, 3.05) is 31.1 Å². The van der Waals surface area contributed by atoms with Crippen LogP contribution in [0.5, 0.6) is 0 Å². The topological polar surface area (TPSA) is 83.8 Å². The molecule has 1 fully saturated rings. The Labute approximate surface area is 217 Å². The van der Waals surface area contributed by atoms with Crippen LogP contribution in [0, 0.1) is 13.8 Å². The minimum atomic E-state index is -0.285. The zero-order valence-corrected chi connectivity index (χ0v) is 21.8. The van der Waals surface area contributed by atoms with Gasteiger partial charge in [0.2, 0.25) is 5.91 Å². The second-order valence-corrected chi connectivity index (χ2v) is 9.87. The Morgan fingerprint density at radius 2 is 1.84 bits per heavy atom. The number of fused-ring (bicyclic) bond motifs is 1. The number of rotatable bonds is 5. The molecule has 1 saturated heterocycles. The van der Waals surface area contributed by atoms with Gasteiger partial charge in [0.1, 0.15) is 24.8 Å². The van der Waals surface area contributed by atoms with Gasteiger partial charge in [-0.15, -0.1) is 0 Å². The number of benzene rings is 2. The molecule has 0 spiro atoms. The van der Waals surface area contributed by atoms with Crippen LogP contribution in [0.3, 0.4) is 0 Å². The molecule has 194 valence electrons. The summed E-state index contributed by atoms with van der Waals surface area (Å²) < 4.78 is 7.28. The van der Waals surface area contributed by atoms with Crippen molar-refractivity contribution in [1.82, 2.24) is 24.6 Å². The number of hydrogen-bond acceptors (Lipinski definition) is 6. The molecule has 1 aromatic heterocycles. The highest BCUT2D eigenvalue weighted by Crippen LogP contribution is 2.31. The van der Waals surface area contributed by atoms with Crippen LogP contribution in [0.15, 0.2) is 48.5 Å². The van der Waals surface area contributed by atoms with E-state index in [-0.39, 0.29) is 31.2 Å². The zero-order valence-electron chi connectivity index (χ0n) is 21.8. The van der Waals surface area contributed by atoms with Crippen LogP contribution in [-0.2, 0) is 35.6 Å². The Kier molecular flexibility index (Phi) is 7.12. The van der Waals surface area contributed by atoms with E-state index in [1.54, 1.807) is 9.58 Å². The van der Waals surface area contributed by atoms with Crippen molar-refractivity contribution in [2.24, 2.45) is 0 Å². The molecular formula is C28H34N6O3. The van der Waals surface area contributed by atoms with Crippen LogP contribution in [0.25, 0.3) is 0 Å². The lowest BCUT2D eigenvalue weighted by atomic mass is 9.97. The molecule has 2 aliphatic heterocycles. The van der Waals surface area contributed by atoms with E-state index in [4.69, 9.17) is 4.74 Å². The summed E-state index contributed by atoms with van der Waals surface area (Å²) in [5.41, 5.74) is 4.56. The van der Waals surface area contributed by atoms with Crippen molar-refractivity contribution in [2.45, 2.75) is 52.9 Å². The molecule has 0 bridgehead atoms. The second-order valence-electron chi connectivity index (χ2n) is 9.87. The lowest BCUT2D eigenvalue weighted by molar-refractivity contribution is -0.134. The van der Waals surface area contributed by atoms with Gasteiger partial charge in [-0.3, -0.25) is 4.79 Å². The monoisotopic (exact) mass is 502 g/mol. The normalized spacial score (nSPS) is 17.5. The van der Waals surface area contributed by atoms with Gasteiger partial charge in [-0.1, -0.05) is 42.5 Å². The molecule has 2 amide bonds. The molecule has 0 unspecified atom stereocenters. The van der Waals surface area contributed by atoms with Gasteiger partial charge in [-0.2, -0.15) is 5.10 Å². The number of carbonyl (C=O) groups is 2. The number of anilines is 1. The van der Waals surface area contributed by atoms with Gasteiger partial charge in [0, 0.05) is 37.9 Å². The molecule has 37 heavy (non-hydrogen) atoms. The third kappa shape index (κ3) is 5.45. The van der Waals surface area contributed by atoms with Crippen molar-refractivity contribution in [3.8, 4) is 0 Å². The van der Waals surface area contributed by atoms with Gasteiger partial charge in [0.05, 0.1) is 6.54 Å². The molecule has 0 N–H and O–H groups in total. The molecule has 0 aliphatic carbocycles. The third-order valence-corrected chi connectivity index (χ3v) is 7.25. The fourth-order valence-corrected chi connectivity index (χ4v) is 5.30. The van der Waals surface area contributed by atoms with Crippen LogP contribution in [0.2, 0.25) is 0 Å². The van der Waals surface area contributed by atoms with Crippen molar-refractivity contribution in [1.29, 1.82) is 0 Å². The van der Waals surface area contributed by atoms with E-state index in [1.807, 2.05) is 49.1 Å². The maximum absolute atomic E-state index is 13.1. The van der Waals surface area contributed by atoms with Gasteiger partial charge in [0.15, 0.2) is 0 Å². The zero-order chi connectivity index (χ0) is 25.9. The average Bonchev–Trinajstić information content (AvgIpc) is 3.22. The lowest BCUT2D eigenvalue weighted by Gasteiger charge is -2.42. The Balaban J connectivity index is 1.23. The summed E-state index contributed by atoms with van der Waals surface area (Å²) in [5.74, 6) is 1.48. The minimum absolute atomic E-state index is 0.0533. The quantitative estimate of drug-likeness (QED) is 0.532. The summed E-state index contributed by atoms with van der Waals surface area (Å²) in [4.78, 5) is 36.3. The summed E-state index contributed by atoms with van der Waals surface area (Å²) in [7, 11) is 0. The van der Waals surface area contributed by atoms with Crippen molar-refractivity contribution in [3.63, 3.8) is 0 Å². The first-order valence-electron chi connectivity index (χ1n) is 12.9. The largest absolute Gasteiger partial charge is 0.445 e. The molecule has 9 heteroatoms. The highest BCUT2D eigenvalue weighted by Gasteiger charge is 2.31. The number of nitrogens with zero attached hydrogens (tertiary/aromatic N) is 6. The van der Waals surface area contributed by atoms with Crippen LogP contribution in [0.4, 0.5) is 10.5 Å². The number of aryl methyl sites for hydroxylation is 2. The first-order valence-corrected chi connectivity index (χ1v) is 12.9. The highest BCUT2D eigenvalue weighted by atomic mass is 16.6. The predicted molar refractivity (Wildman–Crippen MR) is 140 cm³/mol. The van der Waals surface area contributed by atoms with E-state index < -0.39 is 0 Å². The SMILES string of the molecule is Cc1nc(C)n(CC(=O)N2CCN(c3cccc4c3CN(C(=O)OCc3ccccc3)CC4)C[C@H]2C)n1. The molecule has 1 atom stereocenters. The third-order valence-electron chi connectivity index (χ3n) is 7.25. The minimum Gasteiger partial charge on any atom is -0.445 e. The van der Waals surface area contributed by atoms with E-state index >= 15 is 0 Å². The molecule has 0 saturated carbocycles. The average molecular weight is 503 g/mol. The van der Waals surface area contributed by atoms with Crippen LogP contribution in [-0.4, -0.2) is 68.8 Å². The fourth-order valence-electron chi connectivity index (χ4n) is 5.30. The number of piperazine rings is 1.